The molecule has 9 nitrogen and oxygen atoms in total. The monoisotopic (exact) mass is 404 g/mol. The molecule has 1 heterocycles. The predicted octanol–water partition coefficient (Wildman–Crippen LogP) is 1.55. The average molecular weight is 404 g/mol. The summed E-state index contributed by atoms with van der Waals surface area (Å²) in [6, 6.07) is 0. The van der Waals surface area contributed by atoms with E-state index in [0.29, 0.717) is 50.6 Å². The third-order valence-electron chi connectivity index (χ3n) is 6.08. The van der Waals surface area contributed by atoms with Crippen LogP contribution in [-0.2, 0) is 22.7 Å². The first kappa shape index (κ1) is 20.9. The Morgan fingerprint density at radius 1 is 1.24 bits per heavy atom. The zero-order valence-corrected chi connectivity index (χ0v) is 16.9. The van der Waals surface area contributed by atoms with Gasteiger partial charge in [-0.05, 0) is 44.4 Å². The number of amides is 1. The van der Waals surface area contributed by atoms with E-state index in [1.807, 2.05) is 13.8 Å². The van der Waals surface area contributed by atoms with Crippen LogP contribution >= 0.6 is 0 Å². The van der Waals surface area contributed by atoms with Crippen LogP contribution in [0.1, 0.15) is 52.4 Å². The predicted molar refractivity (Wildman–Crippen MR) is 109 cm³/mol. The van der Waals surface area contributed by atoms with Crippen LogP contribution in [0.25, 0.3) is 0 Å². The van der Waals surface area contributed by atoms with Crippen molar-refractivity contribution in [3.63, 3.8) is 0 Å². The van der Waals surface area contributed by atoms with Crippen LogP contribution in [0.4, 0.5) is 11.5 Å². The number of nitrogens with one attached hydrogen (secondary N) is 1. The number of carbonyl (C=O) groups is 2. The molecule has 0 saturated heterocycles. The standard InChI is InChI=1S/C20H28N4O5/c1-3-9-23-15(21)14(17(26)24(10-4-2)19(23)29)22-16(25)13-6-8-20(18(27)28)7-5-12(13)11-20/h6,12H,3-5,7-11,21H2,1-2H3,(H,22,25)(H,27,28). The van der Waals surface area contributed by atoms with Gasteiger partial charge in [-0.15, -0.1) is 0 Å². The quantitative estimate of drug-likeness (QED) is 0.631. The molecule has 2 unspecified atom stereocenters. The van der Waals surface area contributed by atoms with Crippen molar-refractivity contribution in [2.75, 3.05) is 11.1 Å². The van der Waals surface area contributed by atoms with E-state index in [4.69, 9.17) is 5.73 Å². The molecule has 2 atom stereocenters. The van der Waals surface area contributed by atoms with Crippen molar-refractivity contribution < 1.29 is 14.7 Å². The highest BCUT2D eigenvalue weighted by atomic mass is 16.4. The van der Waals surface area contributed by atoms with Gasteiger partial charge in [-0.1, -0.05) is 19.9 Å². The second-order valence-electron chi connectivity index (χ2n) is 7.99. The first-order valence-corrected chi connectivity index (χ1v) is 10.1. The fourth-order valence-electron chi connectivity index (χ4n) is 4.49. The molecule has 2 aliphatic rings. The van der Waals surface area contributed by atoms with Crippen LogP contribution < -0.4 is 22.3 Å². The number of hydrogen-bond acceptors (Lipinski definition) is 5. The summed E-state index contributed by atoms with van der Waals surface area (Å²) in [5.41, 5.74) is 4.62. The van der Waals surface area contributed by atoms with E-state index >= 15 is 0 Å². The van der Waals surface area contributed by atoms with Gasteiger partial charge in [-0.25, -0.2) is 4.79 Å². The van der Waals surface area contributed by atoms with E-state index in [1.54, 1.807) is 6.08 Å². The van der Waals surface area contributed by atoms with Gasteiger partial charge in [0.25, 0.3) is 11.5 Å². The molecule has 2 bridgehead atoms. The first-order valence-electron chi connectivity index (χ1n) is 10.1. The summed E-state index contributed by atoms with van der Waals surface area (Å²) in [5.74, 6) is -1.48. The zero-order valence-electron chi connectivity index (χ0n) is 16.9. The fraction of sp³-hybridized carbons (Fsp3) is 0.600. The van der Waals surface area contributed by atoms with E-state index in [-0.39, 0.29) is 24.0 Å². The molecule has 1 amide bonds. The molecular weight excluding hydrogens is 376 g/mol. The molecule has 9 heteroatoms. The maximum Gasteiger partial charge on any atom is 0.332 e. The van der Waals surface area contributed by atoms with Crippen molar-refractivity contribution in [3.05, 3.63) is 32.5 Å². The smallest absolute Gasteiger partial charge is 0.332 e. The first-order chi connectivity index (χ1) is 13.8. The summed E-state index contributed by atoms with van der Waals surface area (Å²) in [7, 11) is 0. The molecule has 2 aliphatic carbocycles. The molecule has 4 N–H and O–H groups in total. The lowest BCUT2D eigenvalue weighted by Crippen LogP contribution is -2.43. The topological polar surface area (TPSA) is 136 Å². The Kier molecular flexibility index (Phi) is 5.68. The molecule has 3 rings (SSSR count). The largest absolute Gasteiger partial charge is 0.481 e. The molecule has 1 aromatic rings. The van der Waals surface area contributed by atoms with Crippen molar-refractivity contribution in [1.29, 1.82) is 0 Å². The van der Waals surface area contributed by atoms with Crippen LogP contribution in [0.2, 0.25) is 0 Å². The number of anilines is 2. The van der Waals surface area contributed by atoms with E-state index < -0.39 is 28.5 Å². The number of aromatic nitrogens is 2. The lowest BCUT2D eigenvalue weighted by Gasteiger charge is -2.28. The molecule has 0 aromatic carbocycles. The molecule has 0 radical (unpaired) electrons. The highest BCUT2D eigenvalue weighted by Gasteiger charge is 2.49. The number of allylic oxidation sites excluding steroid dienone is 1. The van der Waals surface area contributed by atoms with E-state index in [1.165, 1.54) is 4.57 Å². The minimum atomic E-state index is -0.825. The number of nitrogens with zero attached hydrogens (tertiary/aromatic N) is 2. The summed E-state index contributed by atoms with van der Waals surface area (Å²) >= 11 is 0. The summed E-state index contributed by atoms with van der Waals surface area (Å²) in [4.78, 5) is 50.0. The van der Waals surface area contributed by atoms with Gasteiger partial charge in [-0.2, -0.15) is 0 Å². The molecule has 158 valence electrons. The Bertz CT molecular complexity index is 990. The second-order valence-corrected chi connectivity index (χ2v) is 7.99. The van der Waals surface area contributed by atoms with Crippen LogP contribution in [0, 0.1) is 11.3 Å². The van der Waals surface area contributed by atoms with Crippen molar-refractivity contribution in [3.8, 4) is 0 Å². The van der Waals surface area contributed by atoms with E-state index in [0.717, 1.165) is 4.57 Å². The van der Waals surface area contributed by atoms with Crippen molar-refractivity contribution in [2.45, 2.75) is 65.5 Å². The van der Waals surface area contributed by atoms with E-state index in [2.05, 4.69) is 5.32 Å². The average Bonchev–Trinajstić information content (AvgIpc) is 3.03. The van der Waals surface area contributed by atoms with Gasteiger partial charge >= 0.3 is 11.7 Å². The second kappa shape index (κ2) is 7.88. The van der Waals surface area contributed by atoms with Gasteiger partial charge in [0.1, 0.15) is 11.5 Å². The lowest BCUT2D eigenvalue weighted by molar-refractivity contribution is -0.148. The maximum absolute atomic E-state index is 12.9. The molecule has 1 aromatic heterocycles. The van der Waals surface area contributed by atoms with Gasteiger partial charge in [0, 0.05) is 18.7 Å². The number of nitrogen functional groups attached to an aromatic ring is 1. The number of carbonyl (C=O) groups excluding carboxylic acids is 1. The minimum Gasteiger partial charge on any atom is -0.481 e. The Hall–Kier alpha value is -2.84. The van der Waals surface area contributed by atoms with Gasteiger partial charge in [0.2, 0.25) is 0 Å². The van der Waals surface area contributed by atoms with Gasteiger partial charge in [-0.3, -0.25) is 23.5 Å². The number of fused-ring (bicyclic) bond motifs is 2. The minimum absolute atomic E-state index is 0.0507. The molecule has 0 aliphatic heterocycles. The van der Waals surface area contributed by atoms with Crippen LogP contribution in [-0.4, -0.2) is 26.1 Å². The fourth-order valence-corrected chi connectivity index (χ4v) is 4.49. The number of aliphatic carboxylic acids is 1. The highest BCUT2D eigenvalue weighted by molar-refractivity contribution is 6.05. The van der Waals surface area contributed by atoms with Crippen molar-refractivity contribution in [2.24, 2.45) is 11.3 Å². The summed E-state index contributed by atoms with van der Waals surface area (Å²) in [5, 5.41) is 12.1. The Labute approximate surface area is 168 Å². The molecule has 0 spiro atoms. The number of hydrogen-bond donors (Lipinski definition) is 3. The van der Waals surface area contributed by atoms with Gasteiger partial charge in [0.15, 0.2) is 0 Å². The summed E-state index contributed by atoms with van der Waals surface area (Å²) in [6.07, 6.45) is 4.78. The zero-order chi connectivity index (χ0) is 21.3. The van der Waals surface area contributed by atoms with Crippen molar-refractivity contribution in [1.82, 2.24) is 9.13 Å². The Morgan fingerprint density at radius 2 is 1.90 bits per heavy atom. The lowest BCUT2D eigenvalue weighted by atomic mass is 9.76. The number of rotatable bonds is 7. The third kappa shape index (κ3) is 3.49. The van der Waals surface area contributed by atoms with Gasteiger partial charge < -0.3 is 16.2 Å². The third-order valence-corrected chi connectivity index (χ3v) is 6.08. The van der Waals surface area contributed by atoms with Crippen molar-refractivity contribution >= 4 is 23.4 Å². The molecule has 1 fully saturated rings. The Balaban J connectivity index is 1.96. The number of carboxylic acids is 1. The highest BCUT2D eigenvalue weighted by Crippen LogP contribution is 2.51. The van der Waals surface area contributed by atoms with Crippen LogP contribution in [0.3, 0.4) is 0 Å². The Morgan fingerprint density at radius 3 is 2.52 bits per heavy atom. The van der Waals surface area contributed by atoms with Crippen LogP contribution in [0.15, 0.2) is 21.2 Å². The SMILES string of the molecule is CCCn1c(N)c(NC(=O)C2=CCC3(C(=O)O)CCC2C3)c(=O)n(CCC)c1=O. The summed E-state index contributed by atoms with van der Waals surface area (Å²) < 4.78 is 2.41. The van der Waals surface area contributed by atoms with Crippen LogP contribution in [0.5, 0.6) is 0 Å². The number of nitrogens with two attached hydrogens (primary N) is 1. The number of carboxylic acid groups (broad SMARTS) is 1. The van der Waals surface area contributed by atoms with Gasteiger partial charge in [0.05, 0.1) is 5.41 Å². The summed E-state index contributed by atoms with van der Waals surface area (Å²) in [6.45, 7) is 4.31. The molecule has 29 heavy (non-hydrogen) atoms. The normalized spacial score (nSPS) is 23.0. The maximum atomic E-state index is 12.9. The molecule has 1 saturated carbocycles. The molecular formula is C20H28N4O5. The van der Waals surface area contributed by atoms with E-state index in [9.17, 15) is 24.3 Å².